The molecule has 0 radical (unpaired) electrons. The van der Waals surface area contributed by atoms with Crippen LogP contribution in [0.5, 0.6) is 0 Å². The first kappa shape index (κ1) is 13.4. The van der Waals surface area contributed by atoms with Crippen molar-refractivity contribution in [3.63, 3.8) is 0 Å². The molecule has 0 amide bonds. The lowest BCUT2D eigenvalue weighted by molar-refractivity contribution is -0.202. The number of hydrogen-bond acceptors (Lipinski definition) is 7. The number of hydrogen-bond donors (Lipinski definition) is 2. The number of aromatic amines is 1. The number of fused-ring (bicyclic) bond motifs is 1. The van der Waals surface area contributed by atoms with Crippen molar-refractivity contribution in [2.24, 2.45) is 0 Å². The van der Waals surface area contributed by atoms with Gasteiger partial charge in [-0.1, -0.05) is 0 Å². The van der Waals surface area contributed by atoms with E-state index in [9.17, 15) is 14.7 Å². The zero-order valence-electron chi connectivity index (χ0n) is 11.0. The minimum absolute atomic E-state index is 0.269. The quantitative estimate of drug-likeness (QED) is 0.668. The smallest absolute Gasteiger partial charge is 0.347 e. The van der Waals surface area contributed by atoms with Gasteiger partial charge in [0.05, 0.1) is 6.61 Å². The van der Waals surface area contributed by atoms with Crippen LogP contribution in [0.4, 0.5) is 0 Å². The van der Waals surface area contributed by atoms with Gasteiger partial charge >= 0.3 is 5.69 Å². The molecule has 3 rings (SSSR count). The van der Waals surface area contributed by atoms with E-state index in [1.54, 1.807) is 13.8 Å². The van der Waals surface area contributed by atoms with E-state index < -0.39 is 41.6 Å². The molecule has 3 heterocycles. The summed E-state index contributed by atoms with van der Waals surface area (Å²) in [6.45, 7) is 3.20. The maximum atomic E-state index is 11.8. The number of aliphatic hydroxyl groups is 1. The molecule has 9 nitrogen and oxygen atoms in total. The fraction of sp³-hybridized carbons (Fsp3) is 0.727. The van der Waals surface area contributed by atoms with Gasteiger partial charge in [-0.05, 0) is 13.8 Å². The molecule has 0 bridgehead atoms. The number of rotatable bonds is 2. The predicted octanol–water partition coefficient (Wildman–Crippen LogP) is -1.66. The SMILES string of the molecule is CC1(C)O[C@@H]2[C@H](O1)[C@H](n1ncc(=O)[nH]c1=O)O[C@@H]2CO. The van der Waals surface area contributed by atoms with Crippen molar-refractivity contribution in [3.8, 4) is 0 Å². The number of nitrogens with one attached hydrogen (secondary N) is 1. The molecule has 2 aliphatic rings. The van der Waals surface area contributed by atoms with Crippen LogP contribution in [0.2, 0.25) is 0 Å². The van der Waals surface area contributed by atoms with E-state index in [1.807, 2.05) is 0 Å². The molecule has 110 valence electrons. The lowest BCUT2D eigenvalue weighted by atomic mass is 10.1. The number of H-pyrrole nitrogens is 1. The van der Waals surface area contributed by atoms with Crippen LogP contribution in [0.1, 0.15) is 20.1 Å². The molecule has 1 aromatic heterocycles. The molecule has 2 fully saturated rings. The minimum atomic E-state index is -0.858. The highest BCUT2D eigenvalue weighted by atomic mass is 16.8. The van der Waals surface area contributed by atoms with Crippen LogP contribution in [0.3, 0.4) is 0 Å². The van der Waals surface area contributed by atoms with Crippen LogP contribution in [-0.4, -0.2) is 50.6 Å². The Labute approximate surface area is 113 Å². The van der Waals surface area contributed by atoms with Gasteiger partial charge in [-0.2, -0.15) is 9.78 Å². The van der Waals surface area contributed by atoms with Crippen LogP contribution >= 0.6 is 0 Å². The van der Waals surface area contributed by atoms with E-state index in [-0.39, 0.29) is 6.61 Å². The van der Waals surface area contributed by atoms with E-state index in [1.165, 1.54) is 0 Å². The molecule has 0 saturated carbocycles. The molecule has 0 aliphatic carbocycles. The van der Waals surface area contributed by atoms with E-state index in [2.05, 4.69) is 10.1 Å². The first-order valence-corrected chi connectivity index (χ1v) is 6.21. The van der Waals surface area contributed by atoms with Gasteiger partial charge < -0.3 is 19.3 Å². The Kier molecular flexibility index (Phi) is 3.01. The second-order valence-corrected chi connectivity index (χ2v) is 5.20. The molecule has 2 N–H and O–H groups in total. The van der Waals surface area contributed by atoms with Crippen molar-refractivity contribution in [1.29, 1.82) is 0 Å². The summed E-state index contributed by atoms with van der Waals surface area (Å²) >= 11 is 0. The van der Waals surface area contributed by atoms with Crippen LogP contribution < -0.4 is 11.2 Å². The average Bonchev–Trinajstić information content (AvgIpc) is 2.83. The summed E-state index contributed by atoms with van der Waals surface area (Å²) in [5, 5.41) is 13.1. The summed E-state index contributed by atoms with van der Waals surface area (Å²) in [7, 11) is 0. The van der Waals surface area contributed by atoms with Gasteiger partial charge in [-0.3, -0.25) is 9.78 Å². The number of aromatic nitrogens is 3. The lowest BCUT2D eigenvalue weighted by Crippen LogP contribution is -2.39. The van der Waals surface area contributed by atoms with E-state index >= 15 is 0 Å². The molecule has 0 spiro atoms. The number of ether oxygens (including phenoxy) is 3. The van der Waals surface area contributed by atoms with Gasteiger partial charge in [0.25, 0.3) is 5.56 Å². The van der Waals surface area contributed by atoms with Crippen LogP contribution in [0.15, 0.2) is 15.8 Å². The highest BCUT2D eigenvalue weighted by Crippen LogP contribution is 2.41. The van der Waals surface area contributed by atoms with Gasteiger partial charge in [-0.25, -0.2) is 4.79 Å². The third kappa shape index (κ3) is 2.08. The molecule has 1 aromatic rings. The predicted molar refractivity (Wildman–Crippen MR) is 63.9 cm³/mol. The van der Waals surface area contributed by atoms with E-state index in [0.717, 1.165) is 10.9 Å². The van der Waals surface area contributed by atoms with Gasteiger partial charge in [0.1, 0.15) is 24.5 Å². The molecule has 2 saturated heterocycles. The van der Waals surface area contributed by atoms with Gasteiger partial charge in [-0.15, -0.1) is 0 Å². The summed E-state index contributed by atoms with van der Waals surface area (Å²) in [4.78, 5) is 24.9. The maximum absolute atomic E-state index is 11.8. The Morgan fingerprint density at radius 1 is 1.40 bits per heavy atom. The second kappa shape index (κ2) is 4.48. The third-order valence-corrected chi connectivity index (χ3v) is 3.28. The lowest BCUT2D eigenvalue weighted by Gasteiger charge is -2.23. The Morgan fingerprint density at radius 3 is 2.75 bits per heavy atom. The fourth-order valence-corrected chi connectivity index (χ4v) is 2.55. The Hall–Kier alpha value is -1.55. The van der Waals surface area contributed by atoms with Crippen molar-refractivity contribution >= 4 is 0 Å². The summed E-state index contributed by atoms with van der Waals surface area (Å²) < 4.78 is 17.9. The molecule has 0 unspecified atom stereocenters. The van der Waals surface area contributed by atoms with Crippen molar-refractivity contribution in [1.82, 2.24) is 14.8 Å². The van der Waals surface area contributed by atoms with Crippen LogP contribution in [-0.2, 0) is 14.2 Å². The molecular formula is C11H15N3O6. The Morgan fingerprint density at radius 2 is 2.10 bits per heavy atom. The Balaban J connectivity index is 1.98. The maximum Gasteiger partial charge on any atom is 0.347 e. The minimum Gasteiger partial charge on any atom is -0.394 e. The largest absolute Gasteiger partial charge is 0.394 e. The summed E-state index contributed by atoms with van der Waals surface area (Å²) in [5.41, 5.74) is -1.29. The van der Waals surface area contributed by atoms with Crippen LogP contribution in [0.25, 0.3) is 0 Å². The molecular weight excluding hydrogens is 270 g/mol. The average molecular weight is 285 g/mol. The topological polar surface area (TPSA) is 116 Å². The molecule has 2 aliphatic heterocycles. The normalized spacial score (nSPS) is 35.1. The molecule has 9 heteroatoms. The van der Waals surface area contributed by atoms with Crippen molar-refractivity contribution in [2.75, 3.05) is 6.61 Å². The second-order valence-electron chi connectivity index (χ2n) is 5.20. The standard InChI is InChI=1S/C11H15N3O6/c1-11(2)19-7-5(4-15)18-9(8(7)20-11)14-10(17)13-6(16)3-12-14/h3,5,7-9,15H,4H2,1-2H3,(H,13,16,17)/t5-,7+,8+,9-/m1/s1. The summed E-state index contributed by atoms with van der Waals surface area (Å²) in [6.07, 6.45) is -1.58. The first-order chi connectivity index (χ1) is 9.41. The molecule has 0 aromatic carbocycles. The zero-order chi connectivity index (χ0) is 14.5. The monoisotopic (exact) mass is 285 g/mol. The Bertz CT molecular complexity index is 623. The first-order valence-electron chi connectivity index (χ1n) is 6.21. The number of aliphatic hydroxyl groups excluding tert-OH is 1. The van der Waals surface area contributed by atoms with Gasteiger partial charge in [0.15, 0.2) is 12.0 Å². The summed E-state index contributed by atoms with van der Waals surface area (Å²) in [6, 6.07) is 0. The van der Waals surface area contributed by atoms with Crippen molar-refractivity contribution < 1.29 is 19.3 Å². The summed E-state index contributed by atoms with van der Waals surface area (Å²) in [5.74, 6) is -0.837. The molecule has 4 atom stereocenters. The van der Waals surface area contributed by atoms with Gasteiger partial charge in [0, 0.05) is 0 Å². The number of nitrogens with zero attached hydrogens (tertiary/aromatic N) is 2. The zero-order valence-corrected chi connectivity index (χ0v) is 11.0. The van der Waals surface area contributed by atoms with E-state index in [0.29, 0.717) is 0 Å². The van der Waals surface area contributed by atoms with Crippen LogP contribution in [0, 0.1) is 0 Å². The van der Waals surface area contributed by atoms with Crippen molar-refractivity contribution in [2.45, 2.75) is 44.2 Å². The third-order valence-electron chi connectivity index (χ3n) is 3.28. The highest BCUT2D eigenvalue weighted by molar-refractivity contribution is 4.96. The highest BCUT2D eigenvalue weighted by Gasteiger charge is 2.56. The fourth-order valence-electron chi connectivity index (χ4n) is 2.55. The van der Waals surface area contributed by atoms with Gasteiger partial charge in [0.2, 0.25) is 0 Å². The molecule has 20 heavy (non-hydrogen) atoms. The van der Waals surface area contributed by atoms with E-state index in [4.69, 9.17) is 14.2 Å². The van der Waals surface area contributed by atoms with Crippen molar-refractivity contribution in [3.05, 3.63) is 27.0 Å².